The number of nitrogens with one attached hydrogen (secondary N) is 1. The van der Waals surface area contributed by atoms with Gasteiger partial charge in [-0.05, 0) is 49.1 Å². The number of hydrogen-bond donors (Lipinski definition) is 1. The summed E-state index contributed by atoms with van der Waals surface area (Å²) in [5.41, 5.74) is -2.70. The number of fused-ring (bicyclic) bond motifs is 2. The van der Waals surface area contributed by atoms with Crippen molar-refractivity contribution in [2.24, 2.45) is 5.92 Å². The third kappa shape index (κ3) is 5.51. The highest BCUT2D eigenvalue weighted by Crippen LogP contribution is 2.59. The average Bonchev–Trinajstić information content (AvgIpc) is 3.74. The van der Waals surface area contributed by atoms with E-state index in [4.69, 9.17) is 27.9 Å². The lowest BCUT2D eigenvalue weighted by atomic mass is 9.73. The number of carbonyl (C=O) groups excluding carboxylic acids is 3. The summed E-state index contributed by atoms with van der Waals surface area (Å²) < 4.78 is 20.6. The summed E-state index contributed by atoms with van der Waals surface area (Å²) in [5.74, 6) is -4.82. The standard InChI is InChI=1S/C31H25Cl2FN4O8.CH4/c1-46-29(40)16-7-10-23(37(42)43)19(11-16)25(39)13-24-28(38(44)45)26(18-3-2-4-21(33)27(18)34)31(36(24)14-15-5-6-15)20-9-8-17(32)12-22(20)35-30(31)41;/h2-4,7-12,15,24,26,28H,5-6,13-14H2,1H3,(H,35,41);1H4/t24-,26-,28?,31+;/m0./s1. The molecule has 1 unspecified atom stereocenters. The number of nitro benzene ring substituents is 1. The molecule has 6 rings (SSSR count). The third-order valence-corrected chi connectivity index (χ3v) is 9.57. The van der Waals surface area contributed by atoms with Crippen LogP contribution in [0.2, 0.25) is 10.0 Å². The first-order chi connectivity index (χ1) is 21.9. The summed E-state index contributed by atoms with van der Waals surface area (Å²) in [4.78, 5) is 65.8. The topological polar surface area (TPSA) is 162 Å². The maximum Gasteiger partial charge on any atom is 0.337 e. The number of amides is 1. The van der Waals surface area contributed by atoms with E-state index in [9.17, 15) is 34.6 Å². The number of esters is 1. The van der Waals surface area contributed by atoms with Gasteiger partial charge in [0, 0.05) is 45.8 Å². The molecule has 12 nitrogen and oxygen atoms in total. The van der Waals surface area contributed by atoms with Gasteiger partial charge in [-0.2, -0.15) is 0 Å². The second kappa shape index (κ2) is 12.6. The van der Waals surface area contributed by atoms with Gasteiger partial charge in [0.2, 0.25) is 6.04 Å². The second-order valence-corrected chi connectivity index (χ2v) is 12.4. The SMILES string of the molecule is C.COC(=O)c1ccc([N+](=O)[O-])c(C(=O)C[C@H]2C([N+](=O)[O-])[C@H](c3cccc(Cl)c3F)[C@]3(C(=O)Nc4cc(Cl)ccc43)N2CC2CC2)c1. The molecule has 47 heavy (non-hydrogen) atoms. The van der Waals surface area contributed by atoms with Crippen LogP contribution in [0.4, 0.5) is 15.8 Å². The molecular weight excluding hydrogens is 658 g/mol. The summed E-state index contributed by atoms with van der Waals surface area (Å²) in [6.07, 6.45) is 0.850. The summed E-state index contributed by atoms with van der Waals surface area (Å²) >= 11 is 12.4. The predicted molar refractivity (Wildman–Crippen MR) is 170 cm³/mol. The smallest absolute Gasteiger partial charge is 0.337 e. The molecule has 15 heteroatoms. The first-order valence-electron chi connectivity index (χ1n) is 14.3. The van der Waals surface area contributed by atoms with Crippen LogP contribution in [0.25, 0.3) is 0 Å². The molecule has 1 aliphatic carbocycles. The van der Waals surface area contributed by atoms with Gasteiger partial charge in [-0.3, -0.25) is 34.7 Å². The van der Waals surface area contributed by atoms with Gasteiger partial charge in [-0.25, -0.2) is 9.18 Å². The lowest BCUT2D eigenvalue weighted by Crippen LogP contribution is -2.53. The first kappa shape index (κ1) is 33.9. The van der Waals surface area contributed by atoms with E-state index in [0.717, 1.165) is 38.2 Å². The van der Waals surface area contributed by atoms with Crippen molar-refractivity contribution in [3.63, 3.8) is 0 Å². The predicted octanol–water partition coefficient (Wildman–Crippen LogP) is 6.41. The number of nitrogens with zero attached hydrogens (tertiary/aromatic N) is 3. The largest absolute Gasteiger partial charge is 0.465 e. The van der Waals surface area contributed by atoms with Crippen molar-refractivity contribution >= 4 is 52.2 Å². The van der Waals surface area contributed by atoms with E-state index in [1.54, 1.807) is 11.0 Å². The van der Waals surface area contributed by atoms with Crippen LogP contribution in [0.3, 0.4) is 0 Å². The van der Waals surface area contributed by atoms with Crippen LogP contribution in [-0.2, 0) is 15.1 Å². The van der Waals surface area contributed by atoms with Crippen LogP contribution in [0.15, 0.2) is 54.6 Å². The van der Waals surface area contributed by atoms with E-state index in [1.807, 2.05) is 0 Å². The third-order valence-electron chi connectivity index (χ3n) is 9.05. The number of likely N-dealkylation sites (tertiary alicyclic amines) is 1. The van der Waals surface area contributed by atoms with Crippen molar-refractivity contribution in [1.82, 2.24) is 4.90 Å². The fourth-order valence-corrected chi connectivity index (χ4v) is 7.32. The number of carbonyl (C=O) groups is 3. The Balaban J connectivity index is 0.00000433. The highest BCUT2D eigenvalue weighted by Gasteiger charge is 2.71. The zero-order valence-corrected chi connectivity index (χ0v) is 25.6. The molecule has 1 N–H and O–H groups in total. The summed E-state index contributed by atoms with van der Waals surface area (Å²) in [7, 11) is 1.10. The molecule has 1 amide bonds. The number of anilines is 1. The number of nitro groups is 2. The quantitative estimate of drug-likeness (QED) is 0.116. The van der Waals surface area contributed by atoms with Gasteiger partial charge in [0.15, 0.2) is 5.78 Å². The molecular formula is C32H29Cl2FN4O8. The van der Waals surface area contributed by atoms with Crippen LogP contribution >= 0.6 is 23.2 Å². The Morgan fingerprint density at radius 2 is 1.83 bits per heavy atom. The van der Waals surface area contributed by atoms with E-state index in [2.05, 4.69) is 5.32 Å². The average molecular weight is 688 g/mol. The van der Waals surface area contributed by atoms with Crippen LogP contribution in [-0.4, -0.2) is 58.1 Å². The molecule has 3 aromatic carbocycles. The lowest BCUT2D eigenvalue weighted by molar-refractivity contribution is -0.528. The number of hydrogen-bond acceptors (Lipinski definition) is 9. The second-order valence-electron chi connectivity index (χ2n) is 11.6. The number of benzene rings is 3. The first-order valence-corrected chi connectivity index (χ1v) is 15.0. The van der Waals surface area contributed by atoms with Crippen molar-refractivity contribution in [2.75, 3.05) is 19.0 Å². The summed E-state index contributed by atoms with van der Waals surface area (Å²) in [6.45, 7) is 0.140. The van der Waals surface area contributed by atoms with Gasteiger partial charge in [0.05, 0.1) is 40.1 Å². The molecule has 0 radical (unpaired) electrons. The zero-order valence-electron chi connectivity index (χ0n) is 24.1. The normalized spacial score (nSPS) is 23.1. The molecule has 3 aromatic rings. The molecule has 0 aromatic heterocycles. The fraction of sp³-hybridized carbons (Fsp3) is 0.344. The molecule has 1 saturated heterocycles. The summed E-state index contributed by atoms with van der Waals surface area (Å²) in [5, 5.41) is 27.8. The molecule has 2 heterocycles. The number of rotatable bonds is 9. The number of ketones is 1. The summed E-state index contributed by atoms with van der Waals surface area (Å²) in [6, 6.07) is 8.62. The number of halogens is 3. The van der Waals surface area contributed by atoms with Crippen LogP contribution in [0.1, 0.15) is 64.4 Å². The van der Waals surface area contributed by atoms with E-state index in [0.29, 0.717) is 5.56 Å². The van der Waals surface area contributed by atoms with Crippen molar-refractivity contribution in [2.45, 2.75) is 50.2 Å². The molecule has 3 aliphatic rings. The van der Waals surface area contributed by atoms with Crippen molar-refractivity contribution < 1.29 is 33.4 Å². The molecule has 1 spiro atoms. The number of Topliss-reactive ketones (excluding diaryl/α,β-unsaturated/α-hetero) is 1. The van der Waals surface area contributed by atoms with Crippen molar-refractivity contribution in [3.8, 4) is 0 Å². The van der Waals surface area contributed by atoms with Crippen LogP contribution < -0.4 is 5.32 Å². The molecule has 2 fully saturated rings. The Morgan fingerprint density at radius 3 is 2.47 bits per heavy atom. The van der Waals surface area contributed by atoms with Crippen LogP contribution in [0.5, 0.6) is 0 Å². The highest BCUT2D eigenvalue weighted by atomic mass is 35.5. The minimum absolute atomic E-state index is 0. The van der Waals surface area contributed by atoms with E-state index in [1.165, 1.54) is 30.3 Å². The van der Waals surface area contributed by atoms with E-state index >= 15 is 4.39 Å². The van der Waals surface area contributed by atoms with E-state index < -0.39 is 74.5 Å². The Labute approximate surface area is 278 Å². The monoisotopic (exact) mass is 686 g/mol. The maximum absolute atomic E-state index is 15.9. The Bertz CT molecular complexity index is 1840. The molecule has 246 valence electrons. The number of methoxy groups -OCH3 is 1. The van der Waals surface area contributed by atoms with Gasteiger partial charge in [-0.1, -0.05) is 48.8 Å². The molecule has 0 bridgehead atoms. The zero-order chi connectivity index (χ0) is 33.1. The highest BCUT2D eigenvalue weighted by molar-refractivity contribution is 6.31. The minimum atomic E-state index is -1.88. The Morgan fingerprint density at radius 1 is 1.11 bits per heavy atom. The van der Waals surface area contributed by atoms with Gasteiger partial charge in [-0.15, -0.1) is 0 Å². The fourth-order valence-electron chi connectivity index (χ4n) is 6.96. The maximum atomic E-state index is 15.9. The lowest BCUT2D eigenvalue weighted by Gasteiger charge is -2.38. The Hall–Kier alpha value is -4.46. The van der Waals surface area contributed by atoms with Crippen LogP contribution in [0, 0.1) is 32.0 Å². The van der Waals surface area contributed by atoms with E-state index in [-0.39, 0.29) is 46.7 Å². The van der Waals surface area contributed by atoms with Gasteiger partial charge in [0.1, 0.15) is 11.4 Å². The van der Waals surface area contributed by atoms with Gasteiger partial charge < -0.3 is 10.1 Å². The molecule has 2 aliphatic heterocycles. The molecule has 1 saturated carbocycles. The number of ether oxygens (including phenoxy) is 1. The minimum Gasteiger partial charge on any atom is -0.465 e. The van der Waals surface area contributed by atoms with Crippen molar-refractivity contribution in [3.05, 3.63) is 113 Å². The molecule has 4 atom stereocenters. The van der Waals surface area contributed by atoms with Gasteiger partial charge in [0.25, 0.3) is 11.6 Å². The Kier molecular flexibility index (Phi) is 9.10. The van der Waals surface area contributed by atoms with Crippen molar-refractivity contribution in [1.29, 1.82) is 0 Å². The van der Waals surface area contributed by atoms with Gasteiger partial charge >= 0.3 is 5.97 Å².